The molecular formula is C13H16N4O4S2. The summed E-state index contributed by atoms with van der Waals surface area (Å²) in [5, 5.41) is 0. The number of amides is 3. The maximum Gasteiger partial charge on any atom is 0.325 e. The smallest absolute Gasteiger partial charge is 0.325 e. The van der Waals surface area contributed by atoms with E-state index in [1.165, 1.54) is 4.90 Å². The molecule has 1 aromatic carbocycles. The van der Waals surface area contributed by atoms with Crippen LogP contribution in [0.5, 0.6) is 0 Å². The molecule has 2 aliphatic rings. The number of fused-ring (bicyclic) bond motifs is 3. The number of carbonyl (C=O) groups excluding carboxylic acids is 2. The third-order valence-corrected chi connectivity index (χ3v) is 5.39. The highest BCUT2D eigenvalue weighted by molar-refractivity contribution is 7.99. The summed E-state index contributed by atoms with van der Waals surface area (Å²) in [5.74, 6) is 0.158. The lowest BCUT2D eigenvalue weighted by atomic mass is 10.2. The first kappa shape index (κ1) is 15.9. The van der Waals surface area contributed by atoms with Crippen molar-refractivity contribution < 1.29 is 18.0 Å². The standard InChI is InChI=1S/C13H16N4O4S2/c1-23(20,21)15-8-2-3-11-10(4-8)17-9(7-22-11)5-16(13(17)19)6-12(14)18/h2-4,9,15H,5-7H2,1H3,(H2,14,18). The Labute approximate surface area is 138 Å². The van der Waals surface area contributed by atoms with Crippen LogP contribution in [0.25, 0.3) is 0 Å². The van der Waals surface area contributed by atoms with E-state index in [1.807, 2.05) is 0 Å². The Kier molecular flexibility index (Phi) is 3.88. The minimum atomic E-state index is -3.40. The van der Waals surface area contributed by atoms with Crippen LogP contribution < -0.4 is 15.4 Å². The maximum absolute atomic E-state index is 12.5. The average molecular weight is 356 g/mol. The highest BCUT2D eigenvalue weighted by Crippen LogP contribution is 2.42. The number of nitrogens with one attached hydrogen (secondary N) is 1. The highest BCUT2D eigenvalue weighted by atomic mass is 32.2. The monoisotopic (exact) mass is 356 g/mol. The second kappa shape index (κ2) is 5.60. The molecule has 1 unspecified atom stereocenters. The van der Waals surface area contributed by atoms with Crippen molar-refractivity contribution in [3.8, 4) is 0 Å². The Morgan fingerprint density at radius 2 is 2.22 bits per heavy atom. The van der Waals surface area contributed by atoms with Gasteiger partial charge in [-0.25, -0.2) is 13.2 Å². The van der Waals surface area contributed by atoms with Gasteiger partial charge in [-0.2, -0.15) is 0 Å². The van der Waals surface area contributed by atoms with E-state index >= 15 is 0 Å². The molecule has 0 aliphatic carbocycles. The van der Waals surface area contributed by atoms with E-state index in [1.54, 1.807) is 34.9 Å². The minimum Gasteiger partial charge on any atom is -0.368 e. The lowest BCUT2D eigenvalue weighted by Crippen LogP contribution is -2.40. The van der Waals surface area contributed by atoms with Gasteiger partial charge in [0.05, 0.1) is 23.7 Å². The maximum atomic E-state index is 12.5. The van der Waals surface area contributed by atoms with Crippen LogP contribution in [0.1, 0.15) is 0 Å². The molecule has 3 N–H and O–H groups in total. The Morgan fingerprint density at radius 3 is 2.87 bits per heavy atom. The average Bonchev–Trinajstić information content (AvgIpc) is 2.73. The molecule has 1 saturated heterocycles. The van der Waals surface area contributed by atoms with Crippen molar-refractivity contribution in [2.24, 2.45) is 5.73 Å². The van der Waals surface area contributed by atoms with Gasteiger partial charge in [-0.05, 0) is 18.2 Å². The molecule has 2 aliphatic heterocycles. The molecule has 1 atom stereocenters. The van der Waals surface area contributed by atoms with Crippen LogP contribution in [0.15, 0.2) is 23.1 Å². The number of sulfonamides is 1. The van der Waals surface area contributed by atoms with Crippen LogP contribution in [0, 0.1) is 0 Å². The van der Waals surface area contributed by atoms with Crippen LogP contribution in [-0.2, 0) is 14.8 Å². The summed E-state index contributed by atoms with van der Waals surface area (Å²) >= 11 is 1.60. The van der Waals surface area contributed by atoms with Crippen molar-refractivity contribution in [2.45, 2.75) is 10.9 Å². The number of rotatable bonds is 4. The number of carbonyl (C=O) groups is 2. The number of nitrogens with zero attached hydrogens (tertiary/aromatic N) is 2. The van der Waals surface area contributed by atoms with Gasteiger partial charge in [0.2, 0.25) is 15.9 Å². The molecule has 0 radical (unpaired) electrons. The lowest BCUT2D eigenvalue weighted by molar-refractivity contribution is -0.118. The molecule has 10 heteroatoms. The number of primary amides is 1. The molecule has 8 nitrogen and oxygen atoms in total. The molecule has 3 amide bonds. The van der Waals surface area contributed by atoms with Crippen molar-refractivity contribution >= 4 is 45.1 Å². The second-order valence-corrected chi connectivity index (χ2v) is 8.33. The zero-order valence-electron chi connectivity index (χ0n) is 12.4. The molecule has 1 fully saturated rings. The fraction of sp³-hybridized carbons (Fsp3) is 0.385. The van der Waals surface area contributed by atoms with Crippen molar-refractivity contribution in [1.29, 1.82) is 0 Å². The van der Waals surface area contributed by atoms with Gasteiger partial charge < -0.3 is 10.6 Å². The molecule has 124 valence electrons. The van der Waals surface area contributed by atoms with Gasteiger partial charge in [-0.3, -0.25) is 14.4 Å². The Morgan fingerprint density at radius 1 is 1.48 bits per heavy atom. The topological polar surface area (TPSA) is 113 Å². The molecule has 0 spiro atoms. The molecule has 23 heavy (non-hydrogen) atoms. The van der Waals surface area contributed by atoms with Crippen molar-refractivity contribution in [3.63, 3.8) is 0 Å². The fourth-order valence-electron chi connectivity index (χ4n) is 2.76. The number of urea groups is 1. The van der Waals surface area contributed by atoms with E-state index in [9.17, 15) is 18.0 Å². The third kappa shape index (κ3) is 3.22. The van der Waals surface area contributed by atoms with E-state index in [0.717, 1.165) is 11.2 Å². The number of benzene rings is 1. The lowest BCUT2D eigenvalue weighted by Gasteiger charge is -2.30. The second-order valence-electron chi connectivity index (χ2n) is 5.52. The molecule has 0 saturated carbocycles. The quantitative estimate of drug-likeness (QED) is 0.803. The number of anilines is 2. The summed E-state index contributed by atoms with van der Waals surface area (Å²) in [6, 6.07) is 4.74. The van der Waals surface area contributed by atoms with Crippen molar-refractivity contribution in [2.75, 3.05) is 34.7 Å². The Balaban J connectivity index is 1.94. The Hall–Kier alpha value is -1.94. The SMILES string of the molecule is CS(=O)(=O)Nc1ccc2c(c1)N1C(=O)N(CC(N)=O)CC1CS2. The zero-order valence-corrected chi connectivity index (χ0v) is 14.0. The van der Waals surface area contributed by atoms with Gasteiger partial charge in [0.1, 0.15) is 6.54 Å². The normalized spacial score (nSPS) is 20.2. The third-order valence-electron chi connectivity index (χ3n) is 3.57. The van der Waals surface area contributed by atoms with Crippen molar-refractivity contribution in [3.05, 3.63) is 18.2 Å². The van der Waals surface area contributed by atoms with Crippen LogP contribution in [-0.4, -0.2) is 56.4 Å². The fourth-order valence-corrected chi connectivity index (χ4v) is 4.41. The summed E-state index contributed by atoms with van der Waals surface area (Å²) in [4.78, 5) is 27.5. The first-order chi connectivity index (χ1) is 10.7. The van der Waals surface area contributed by atoms with Gasteiger partial charge >= 0.3 is 6.03 Å². The molecule has 0 aromatic heterocycles. The minimum absolute atomic E-state index is 0.0622. The van der Waals surface area contributed by atoms with Gasteiger partial charge in [0, 0.05) is 17.2 Å². The van der Waals surface area contributed by atoms with Gasteiger partial charge in [-0.1, -0.05) is 0 Å². The molecule has 1 aromatic rings. The van der Waals surface area contributed by atoms with E-state index < -0.39 is 15.9 Å². The van der Waals surface area contributed by atoms with E-state index in [-0.39, 0.29) is 18.6 Å². The number of hydrogen-bond acceptors (Lipinski definition) is 5. The van der Waals surface area contributed by atoms with Crippen LogP contribution >= 0.6 is 11.8 Å². The van der Waals surface area contributed by atoms with Crippen molar-refractivity contribution in [1.82, 2.24) is 4.90 Å². The van der Waals surface area contributed by atoms with Gasteiger partial charge in [-0.15, -0.1) is 11.8 Å². The predicted octanol–water partition coefficient (Wildman–Crippen LogP) is 0.260. The predicted molar refractivity (Wildman–Crippen MR) is 88.1 cm³/mol. The number of thioether (sulfide) groups is 1. The summed E-state index contributed by atoms with van der Waals surface area (Å²) in [6.45, 7) is 0.311. The molecular weight excluding hydrogens is 340 g/mol. The summed E-state index contributed by atoms with van der Waals surface area (Å²) in [5.41, 5.74) is 6.23. The summed E-state index contributed by atoms with van der Waals surface area (Å²) in [6.07, 6.45) is 1.07. The van der Waals surface area contributed by atoms with E-state index in [2.05, 4.69) is 4.72 Å². The van der Waals surface area contributed by atoms with Crippen LogP contribution in [0.3, 0.4) is 0 Å². The number of hydrogen-bond donors (Lipinski definition) is 2. The zero-order chi connectivity index (χ0) is 16.8. The van der Waals surface area contributed by atoms with Gasteiger partial charge in [0.15, 0.2) is 0 Å². The van der Waals surface area contributed by atoms with Crippen LogP contribution in [0.2, 0.25) is 0 Å². The van der Waals surface area contributed by atoms with Gasteiger partial charge in [0.25, 0.3) is 0 Å². The summed E-state index contributed by atoms with van der Waals surface area (Å²) in [7, 11) is -3.40. The number of nitrogens with two attached hydrogens (primary N) is 1. The first-order valence-electron chi connectivity index (χ1n) is 6.85. The largest absolute Gasteiger partial charge is 0.368 e. The summed E-state index contributed by atoms with van der Waals surface area (Å²) < 4.78 is 25.2. The van der Waals surface area contributed by atoms with Crippen LogP contribution in [0.4, 0.5) is 16.2 Å². The molecule has 0 bridgehead atoms. The molecule has 2 heterocycles. The highest BCUT2D eigenvalue weighted by Gasteiger charge is 2.42. The Bertz CT molecular complexity index is 780. The van der Waals surface area contributed by atoms with E-state index in [4.69, 9.17) is 5.73 Å². The van der Waals surface area contributed by atoms with E-state index in [0.29, 0.717) is 23.7 Å². The first-order valence-corrected chi connectivity index (χ1v) is 9.73. The molecule has 3 rings (SSSR count).